The smallest absolute Gasteiger partial charge is 0.234 e. The predicted octanol–water partition coefficient (Wildman–Crippen LogP) is 3.77. The van der Waals surface area contributed by atoms with Crippen LogP contribution < -0.4 is 15.4 Å². The third-order valence-electron chi connectivity index (χ3n) is 3.00. The molecule has 126 valence electrons. The van der Waals surface area contributed by atoms with Gasteiger partial charge in [-0.05, 0) is 40.2 Å². The van der Waals surface area contributed by atoms with Crippen molar-refractivity contribution in [2.75, 3.05) is 29.2 Å². The van der Waals surface area contributed by atoms with Crippen molar-refractivity contribution in [2.45, 2.75) is 0 Å². The minimum absolute atomic E-state index is 0.156. The van der Waals surface area contributed by atoms with Crippen LogP contribution in [-0.4, -0.2) is 30.4 Å². The summed E-state index contributed by atoms with van der Waals surface area (Å²) in [6.45, 7) is 0. The first-order valence-electron chi connectivity index (χ1n) is 7.15. The Morgan fingerprint density at radius 1 is 0.958 bits per heavy atom. The van der Waals surface area contributed by atoms with Crippen LogP contribution in [0, 0.1) is 0 Å². The highest BCUT2D eigenvalue weighted by molar-refractivity contribution is 9.10. The molecule has 0 heterocycles. The number of ether oxygens (including phenoxy) is 1. The van der Waals surface area contributed by atoms with E-state index in [0.29, 0.717) is 17.1 Å². The highest BCUT2D eigenvalue weighted by Gasteiger charge is 2.09. The molecule has 24 heavy (non-hydrogen) atoms. The number of methoxy groups -OCH3 is 1. The zero-order valence-electron chi connectivity index (χ0n) is 13.0. The number of anilines is 2. The average Bonchev–Trinajstić information content (AvgIpc) is 2.57. The molecule has 0 bridgehead atoms. The van der Waals surface area contributed by atoms with E-state index < -0.39 is 0 Å². The van der Waals surface area contributed by atoms with Gasteiger partial charge in [0, 0.05) is 4.47 Å². The molecule has 2 N–H and O–H groups in total. The normalized spacial score (nSPS) is 10.1. The maximum absolute atomic E-state index is 11.9. The zero-order valence-corrected chi connectivity index (χ0v) is 15.4. The number of carbonyl (C=O) groups excluding carboxylic acids is 2. The number of para-hydroxylation sites is 3. The van der Waals surface area contributed by atoms with Gasteiger partial charge in [0.1, 0.15) is 5.75 Å². The molecule has 0 saturated carbocycles. The molecular weight excluding hydrogens is 392 g/mol. The fourth-order valence-corrected chi connectivity index (χ4v) is 2.92. The van der Waals surface area contributed by atoms with Crippen molar-refractivity contribution in [3.8, 4) is 5.75 Å². The highest BCUT2D eigenvalue weighted by Crippen LogP contribution is 2.23. The molecule has 0 unspecified atom stereocenters. The second-order valence-electron chi connectivity index (χ2n) is 4.77. The molecule has 7 heteroatoms. The van der Waals surface area contributed by atoms with Gasteiger partial charge in [-0.2, -0.15) is 0 Å². The molecule has 2 aromatic rings. The van der Waals surface area contributed by atoms with Crippen LogP contribution >= 0.6 is 27.7 Å². The number of hydrogen-bond donors (Lipinski definition) is 2. The number of rotatable bonds is 7. The molecule has 2 aromatic carbocycles. The van der Waals surface area contributed by atoms with Gasteiger partial charge in [-0.25, -0.2) is 0 Å². The molecule has 0 aliphatic heterocycles. The number of amides is 2. The van der Waals surface area contributed by atoms with E-state index in [0.717, 1.165) is 4.47 Å². The summed E-state index contributed by atoms with van der Waals surface area (Å²) in [6, 6.07) is 14.6. The molecule has 0 atom stereocenters. The van der Waals surface area contributed by atoms with Crippen LogP contribution in [0.1, 0.15) is 0 Å². The van der Waals surface area contributed by atoms with Gasteiger partial charge in [-0.1, -0.05) is 24.3 Å². The largest absolute Gasteiger partial charge is 0.495 e. The fraction of sp³-hybridized carbons (Fsp3) is 0.176. The van der Waals surface area contributed by atoms with Gasteiger partial charge in [-0.3, -0.25) is 9.59 Å². The lowest BCUT2D eigenvalue weighted by Crippen LogP contribution is -2.18. The van der Waals surface area contributed by atoms with E-state index in [9.17, 15) is 9.59 Å². The Kier molecular flexibility index (Phi) is 7.14. The standard InChI is InChI=1S/C17H17BrN2O3S/c1-23-15-9-5-4-8-14(15)20-17(22)11-24-10-16(21)19-13-7-3-2-6-12(13)18/h2-9H,10-11H2,1H3,(H,19,21)(H,20,22). The van der Waals surface area contributed by atoms with E-state index >= 15 is 0 Å². The third kappa shape index (κ3) is 5.58. The molecule has 0 fully saturated rings. The molecule has 0 aromatic heterocycles. The summed E-state index contributed by atoms with van der Waals surface area (Å²) in [5.41, 5.74) is 1.32. The van der Waals surface area contributed by atoms with Crippen molar-refractivity contribution < 1.29 is 14.3 Å². The Labute approximate surface area is 153 Å². The van der Waals surface area contributed by atoms with Crippen molar-refractivity contribution in [3.63, 3.8) is 0 Å². The Hall–Kier alpha value is -1.99. The first kappa shape index (κ1) is 18.4. The number of halogens is 1. The van der Waals surface area contributed by atoms with Crippen molar-refractivity contribution in [3.05, 3.63) is 53.0 Å². The minimum atomic E-state index is -0.182. The lowest BCUT2D eigenvalue weighted by atomic mass is 10.3. The summed E-state index contributed by atoms with van der Waals surface area (Å²) in [5.74, 6) is 0.639. The summed E-state index contributed by atoms with van der Waals surface area (Å²) in [4.78, 5) is 23.8. The van der Waals surface area contributed by atoms with E-state index in [2.05, 4.69) is 26.6 Å². The molecule has 0 aliphatic carbocycles. The first-order valence-corrected chi connectivity index (χ1v) is 9.10. The quantitative estimate of drug-likeness (QED) is 0.731. The Balaban J connectivity index is 1.76. The van der Waals surface area contributed by atoms with Crippen LogP contribution in [0.25, 0.3) is 0 Å². The van der Waals surface area contributed by atoms with Gasteiger partial charge < -0.3 is 15.4 Å². The number of carbonyl (C=O) groups is 2. The number of benzene rings is 2. The van der Waals surface area contributed by atoms with E-state index in [1.807, 2.05) is 30.3 Å². The maximum Gasteiger partial charge on any atom is 0.234 e. The summed E-state index contributed by atoms with van der Waals surface area (Å²) < 4.78 is 5.99. The van der Waals surface area contributed by atoms with Gasteiger partial charge in [0.2, 0.25) is 11.8 Å². The lowest BCUT2D eigenvalue weighted by Gasteiger charge is -2.10. The van der Waals surface area contributed by atoms with Crippen LogP contribution in [0.4, 0.5) is 11.4 Å². The topological polar surface area (TPSA) is 67.4 Å². The van der Waals surface area contributed by atoms with E-state index in [4.69, 9.17) is 4.74 Å². The predicted molar refractivity (Wildman–Crippen MR) is 102 cm³/mol. The SMILES string of the molecule is COc1ccccc1NC(=O)CSCC(=O)Nc1ccccc1Br. The number of thioether (sulfide) groups is 1. The Morgan fingerprint density at radius 2 is 1.50 bits per heavy atom. The van der Waals surface area contributed by atoms with Crippen molar-refractivity contribution in [2.24, 2.45) is 0 Å². The molecular formula is C17H17BrN2O3S. The molecule has 2 amide bonds. The van der Waals surface area contributed by atoms with Gasteiger partial charge in [0.15, 0.2) is 0 Å². The molecule has 0 spiro atoms. The monoisotopic (exact) mass is 408 g/mol. The van der Waals surface area contributed by atoms with Gasteiger partial charge in [0.25, 0.3) is 0 Å². The van der Waals surface area contributed by atoms with E-state index in [1.54, 1.807) is 25.3 Å². The van der Waals surface area contributed by atoms with Gasteiger partial charge in [-0.15, -0.1) is 11.8 Å². The molecule has 2 rings (SSSR count). The highest BCUT2D eigenvalue weighted by atomic mass is 79.9. The third-order valence-corrected chi connectivity index (χ3v) is 4.62. The second kappa shape index (κ2) is 9.34. The van der Waals surface area contributed by atoms with Gasteiger partial charge in [0.05, 0.1) is 30.0 Å². The van der Waals surface area contributed by atoms with Crippen LogP contribution in [0.15, 0.2) is 53.0 Å². The number of hydrogen-bond acceptors (Lipinski definition) is 4. The van der Waals surface area contributed by atoms with Gasteiger partial charge >= 0.3 is 0 Å². The Morgan fingerprint density at radius 3 is 2.12 bits per heavy atom. The first-order chi connectivity index (χ1) is 11.6. The average molecular weight is 409 g/mol. The summed E-state index contributed by atoms with van der Waals surface area (Å²) >= 11 is 4.62. The molecule has 0 aliphatic rings. The van der Waals surface area contributed by atoms with Crippen LogP contribution in [0.2, 0.25) is 0 Å². The number of nitrogens with one attached hydrogen (secondary N) is 2. The van der Waals surface area contributed by atoms with Crippen molar-refractivity contribution >= 4 is 50.9 Å². The lowest BCUT2D eigenvalue weighted by molar-refractivity contribution is -0.114. The molecule has 5 nitrogen and oxygen atoms in total. The Bertz CT molecular complexity index is 724. The molecule has 0 saturated heterocycles. The molecule has 0 radical (unpaired) electrons. The summed E-state index contributed by atoms with van der Waals surface area (Å²) in [6.07, 6.45) is 0. The second-order valence-corrected chi connectivity index (χ2v) is 6.61. The van der Waals surface area contributed by atoms with Crippen molar-refractivity contribution in [1.82, 2.24) is 0 Å². The fourth-order valence-electron chi connectivity index (χ4n) is 1.92. The summed E-state index contributed by atoms with van der Waals surface area (Å²) in [7, 11) is 1.55. The summed E-state index contributed by atoms with van der Waals surface area (Å²) in [5, 5.41) is 5.56. The van der Waals surface area contributed by atoms with Crippen LogP contribution in [0.5, 0.6) is 5.75 Å². The van der Waals surface area contributed by atoms with E-state index in [1.165, 1.54) is 11.8 Å². The van der Waals surface area contributed by atoms with Crippen LogP contribution in [0.3, 0.4) is 0 Å². The zero-order chi connectivity index (χ0) is 17.4. The van der Waals surface area contributed by atoms with Crippen molar-refractivity contribution in [1.29, 1.82) is 0 Å². The minimum Gasteiger partial charge on any atom is -0.495 e. The van der Waals surface area contributed by atoms with E-state index in [-0.39, 0.29) is 23.3 Å². The van der Waals surface area contributed by atoms with Crippen LogP contribution in [-0.2, 0) is 9.59 Å². The maximum atomic E-state index is 11.9.